The molecule has 0 aliphatic rings. The van der Waals surface area contributed by atoms with Gasteiger partial charge in [0.1, 0.15) is 0 Å². The Morgan fingerprint density at radius 1 is 1.24 bits per heavy atom. The van der Waals surface area contributed by atoms with Gasteiger partial charge in [0.25, 0.3) is 15.9 Å². The molecule has 0 radical (unpaired) electrons. The van der Waals surface area contributed by atoms with Crippen LogP contribution in [0.25, 0.3) is 0 Å². The molecule has 7 heteroatoms. The Morgan fingerprint density at radius 3 is 2.48 bits per heavy atom. The molecule has 0 saturated carbocycles. The molecule has 0 aromatic heterocycles. The Kier molecular flexibility index (Phi) is 5.87. The molecule has 132 valence electrons. The molecule has 0 heterocycles. The third-order valence-corrected chi connectivity index (χ3v) is 5.73. The first-order valence-electron chi connectivity index (χ1n) is 7.51. The Labute approximate surface area is 153 Å². The third kappa shape index (κ3) is 4.21. The van der Waals surface area contributed by atoms with Crippen LogP contribution in [0.1, 0.15) is 15.9 Å². The minimum Gasteiger partial charge on any atom is -0.349 e. The molecule has 1 N–H and O–H groups in total. The lowest BCUT2D eigenvalue weighted by molar-refractivity contribution is 0.0958. The number of carbonyl (C=O) groups is 1. The van der Waals surface area contributed by atoms with Crippen molar-refractivity contribution in [1.29, 1.82) is 0 Å². The number of amides is 1. The molecule has 5 nitrogen and oxygen atoms in total. The fourth-order valence-corrected chi connectivity index (χ4v) is 3.63. The lowest BCUT2D eigenvalue weighted by atomic mass is 10.1. The average molecular weight is 379 g/mol. The second kappa shape index (κ2) is 7.72. The number of halogens is 1. The van der Waals surface area contributed by atoms with E-state index >= 15 is 0 Å². The number of sulfonamides is 1. The highest BCUT2D eigenvalue weighted by molar-refractivity contribution is 7.92. The number of benzene rings is 2. The summed E-state index contributed by atoms with van der Waals surface area (Å²) in [6.07, 6.45) is 1.57. The van der Waals surface area contributed by atoms with E-state index in [0.717, 1.165) is 9.87 Å². The van der Waals surface area contributed by atoms with Crippen molar-refractivity contribution >= 4 is 33.2 Å². The fraction of sp³-hybridized carbons (Fsp3) is 0.167. The van der Waals surface area contributed by atoms with Crippen molar-refractivity contribution in [2.45, 2.75) is 11.8 Å². The van der Waals surface area contributed by atoms with Crippen LogP contribution in [0.4, 0.5) is 5.69 Å². The molecular formula is C18H19ClN2O3S. The lowest BCUT2D eigenvalue weighted by Gasteiger charge is -2.22. The number of hydrogen-bond donors (Lipinski definition) is 1. The van der Waals surface area contributed by atoms with Gasteiger partial charge >= 0.3 is 0 Å². The molecule has 0 atom stereocenters. The van der Waals surface area contributed by atoms with Gasteiger partial charge in [-0.05, 0) is 48.9 Å². The summed E-state index contributed by atoms with van der Waals surface area (Å²) in [6.45, 7) is 5.67. The zero-order valence-electron chi connectivity index (χ0n) is 14.0. The summed E-state index contributed by atoms with van der Waals surface area (Å²) >= 11 is 5.82. The van der Waals surface area contributed by atoms with Crippen molar-refractivity contribution in [3.8, 4) is 0 Å². The average Bonchev–Trinajstić information content (AvgIpc) is 2.59. The van der Waals surface area contributed by atoms with Crippen LogP contribution in [-0.4, -0.2) is 27.9 Å². The van der Waals surface area contributed by atoms with Crippen molar-refractivity contribution in [2.24, 2.45) is 0 Å². The van der Waals surface area contributed by atoms with Crippen molar-refractivity contribution in [3.63, 3.8) is 0 Å². The Hall–Kier alpha value is -2.31. The standard InChI is InChI=1S/C18H19ClN2O3S/c1-4-11-20-18(22)14-6-5-13(2)17(12-14)21(3)25(23,24)16-9-7-15(19)8-10-16/h4-10,12H,1,11H2,2-3H3,(H,20,22). The predicted octanol–water partition coefficient (Wildman–Crippen LogP) is 3.39. The van der Waals surface area contributed by atoms with Crippen LogP contribution >= 0.6 is 11.6 Å². The maximum absolute atomic E-state index is 12.8. The molecule has 0 aliphatic heterocycles. The zero-order chi connectivity index (χ0) is 18.6. The van der Waals surface area contributed by atoms with Gasteiger partial charge in [0, 0.05) is 24.2 Å². The number of hydrogen-bond acceptors (Lipinski definition) is 3. The van der Waals surface area contributed by atoms with Crippen LogP contribution in [0.15, 0.2) is 60.0 Å². The van der Waals surface area contributed by atoms with E-state index in [0.29, 0.717) is 22.8 Å². The normalized spacial score (nSPS) is 11.0. The molecule has 0 unspecified atom stereocenters. The van der Waals surface area contributed by atoms with E-state index in [1.165, 1.54) is 31.3 Å². The van der Waals surface area contributed by atoms with E-state index in [1.54, 1.807) is 31.2 Å². The van der Waals surface area contributed by atoms with Crippen LogP contribution in [0.5, 0.6) is 0 Å². The summed E-state index contributed by atoms with van der Waals surface area (Å²) in [5.74, 6) is -0.293. The highest BCUT2D eigenvalue weighted by Gasteiger charge is 2.23. The van der Waals surface area contributed by atoms with E-state index < -0.39 is 10.0 Å². The van der Waals surface area contributed by atoms with Gasteiger partial charge in [-0.2, -0.15) is 0 Å². The zero-order valence-corrected chi connectivity index (χ0v) is 15.6. The molecule has 0 bridgehead atoms. The quantitative estimate of drug-likeness (QED) is 0.783. The SMILES string of the molecule is C=CCNC(=O)c1ccc(C)c(N(C)S(=O)(=O)c2ccc(Cl)cc2)c1. The molecule has 0 aliphatic carbocycles. The molecular weight excluding hydrogens is 360 g/mol. The van der Waals surface area contributed by atoms with Crippen molar-refractivity contribution in [3.05, 3.63) is 71.3 Å². The summed E-state index contributed by atoms with van der Waals surface area (Å²) in [5, 5.41) is 3.13. The van der Waals surface area contributed by atoms with E-state index in [9.17, 15) is 13.2 Å². The highest BCUT2D eigenvalue weighted by Crippen LogP contribution is 2.27. The molecule has 2 aromatic rings. The van der Waals surface area contributed by atoms with Gasteiger partial charge in [0.05, 0.1) is 10.6 Å². The Balaban J connectivity index is 2.40. The number of anilines is 1. The molecule has 0 saturated heterocycles. The first-order chi connectivity index (χ1) is 11.8. The molecule has 2 aromatic carbocycles. The number of carbonyl (C=O) groups excluding carboxylic acids is 1. The Morgan fingerprint density at radius 2 is 1.88 bits per heavy atom. The van der Waals surface area contributed by atoms with Crippen LogP contribution in [0.3, 0.4) is 0 Å². The highest BCUT2D eigenvalue weighted by atomic mass is 35.5. The largest absolute Gasteiger partial charge is 0.349 e. The van der Waals surface area contributed by atoms with E-state index in [4.69, 9.17) is 11.6 Å². The summed E-state index contributed by atoms with van der Waals surface area (Å²) in [5.41, 5.74) is 1.54. The second-order valence-electron chi connectivity index (χ2n) is 5.43. The molecule has 0 spiro atoms. The van der Waals surface area contributed by atoms with Gasteiger partial charge in [0.15, 0.2) is 0 Å². The first kappa shape index (κ1) is 19.0. The van der Waals surface area contributed by atoms with E-state index in [-0.39, 0.29) is 10.8 Å². The molecule has 1 amide bonds. The van der Waals surface area contributed by atoms with Crippen LogP contribution in [0.2, 0.25) is 5.02 Å². The van der Waals surface area contributed by atoms with E-state index in [1.807, 2.05) is 0 Å². The Bertz CT molecular complexity index is 893. The van der Waals surface area contributed by atoms with Crippen LogP contribution in [-0.2, 0) is 10.0 Å². The topological polar surface area (TPSA) is 66.5 Å². The van der Waals surface area contributed by atoms with Crippen molar-refractivity contribution in [2.75, 3.05) is 17.9 Å². The third-order valence-electron chi connectivity index (χ3n) is 3.69. The second-order valence-corrected chi connectivity index (χ2v) is 7.83. The molecule has 0 fully saturated rings. The lowest BCUT2D eigenvalue weighted by Crippen LogP contribution is -2.28. The minimum atomic E-state index is -3.76. The smallest absolute Gasteiger partial charge is 0.264 e. The summed E-state index contributed by atoms with van der Waals surface area (Å²) in [6, 6.07) is 10.9. The van der Waals surface area contributed by atoms with Crippen molar-refractivity contribution < 1.29 is 13.2 Å². The van der Waals surface area contributed by atoms with Gasteiger partial charge in [-0.1, -0.05) is 23.7 Å². The number of aryl methyl sites for hydroxylation is 1. The first-order valence-corrected chi connectivity index (χ1v) is 9.33. The van der Waals surface area contributed by atoms with Crippen molar-refractivity contribution in [1.82, 2.24) is 5.32 Å². The van der Waals surface area contributed by atoms with Gasteiger partial charge in [-0.25, -0.2) is 8.42 Å². The van der Waals surface area contributed by atoms with Gasteiger partial charge in [-0.15, -0.1) is 6.58 Å². The van der Waals surface area contributed by atoms with Gasteiger partial charge in [0.2, 0.25) is 0 Å². The maximum atomic E-state index is 12.8. The van der Waals surface area contributed by atoms with Gasteiger partial charge in [-0.3, -0.25) is 9.10 Å². The number of nitrogens with zero attached hydrogens (tertiary/aromatic N) is 1. The monoisotopic (exact) mass is 378 g/mol. The molecule has 25 heavy (non-hydrogen) atoms. The van der Waals surface area contributed by atoms with Crippen LogP contribution < -0.4 is 9.62 Å². The summed E-state index contributed by atoms with van der Waals surface area (Å²) in [4.78, 5) is 12.2. The molecule has 2 rings (SSSR count). The van der Waals surface area contributed by atoms with Crippen LogP contribution in [0, 0.1) is 6.92 Å². The number of nitrogens with one attached hydrogen (secondary N) is 1. The summed E-state index contributed by atoms with van der Waals surface area (Å²) in [7, 11) is -2.31. The van der Waals surface area contributed by atoms with E-state index in [2.05, 4.69) is 11.9 Å². The summed E-state index contributed by atoms with van der Waals surface area (Å²) < 4.78 is 26.8. The maximum Gasteiger partial charge on any atom is 0.264 e. The minimum absolute atomic E-state index is 0.125. The predicted molar refractivity (Wildman–Crippen MR) is 101 cm³/mol. The fourth-order valence-electron chi connectivity index (χ4n) is 2.25. The van der Waals surface area contributed by atoms with Gasteiger partial charge < -0.3 is 5.32 Å². The number of rotatable bonds is 6.